The molecule has 1 aromatic rings. The van der Waals surface area contributed by atoms with Crippen molar-refractivity contribution >= 4 is 24.8 Å². The fourth-order valence-corrected chi connectivity index (χ4v) is 1.86. The predicted octanol–water partition coefficient (Wildman–Crippen LogP) is 1.85. The molecule has 0 unspecified atom stereocenters. The standard InChI is InChI=1S/C11H17N3.2ClH/c12-11-3-6-14(7-4-11)9-10-2-1-5-13-8-10;;/h1-2,5,8,11H,3-4,6-7,9,12H2;2*1H. The van der Waals surface area contributed by atoms with E-state index in [2.05, 4.69) is 16.0 Å². The zero-order chi connectivity index (χ0) is 9.80. The maximum atomic E-state index is 5.85. The zero-order valence-electron chi connectivity index (χ0n) is 9.21. The maximum absolute atomic E-state index is 5.85. The van der Waals surface area contributed by atoms with Gasteiger partial charge in [0.25, 0.3) is 0 Å². The number of nitrogens with two attached hydrogens (primary N) is 1. The first kappa shape index (κ1) is 15.7. The molecular weight excluding hydrogens is 245 g/mol. The van der Waals surface area contributed by atoms with E-state index in [4.69, 9.17) is 5.73 Å². The number of nitrogens with zero attached hydrogens (tertiary/aromatic N) is 2. The minimum atomic E-state index is 0. The molecule has 1 aliphatic rings. The second kappa shape index (κ2) is 7.85. The fraction of sp³-hybridized carbons (Fsp3) is 0.545. The van der Waals surface area contributed by atoms with Gasteiger partial charge in [-0.3, -0.25) is 9.88 Å². The Kier molecular flexibility index (Phi) is 7.68. The molecule has 0 radical (unpaired) electrons. The smallest absolute Gasteiger partial charge is 0.0312 e. The number of aromatic nitrogens is 1. The van der Waals surface area contributed by atoms with E-state index in [1.54, 1.807) is 0 Å². The number of pyridine rings is 1. The Bertz CT molecular complexity index is 274. The van der Waals surface area contributed by atoms with Crippen molar-refractivity contribution in [1.29, 1.82) is 0 Å². The van der Waals surface area contributed by atoms with Crippen LogP contribution in [0.1, 0.15) is 18.4 Å². The Labute approximate surface area is 109 Å². The van der Waals surface area contributed by atoms with Crippen molar-refractivity contribution in [2.24, 2.45) is 5.73 Å². The molecule has 1 fully saturated rings. The summed E-state index contributed by atoms with van der Waals surface area (Å²) in [5.74, 6) is 0. The lowest BCUT2D eigenvalue weighted by Gasteiger charge is -2.29. The highest BCUT2D eigenvalue weighted by atomic mass is 35.5. The van der Waals surface area contributed by atoms with Crippen LogP contribution in [0.2, 0.25) is 0 Å². The van der Waals surface area contributed by atoms with Crippen LogP contribution in [-0.4, -0.2) is 29.0 Å². The fourth-order valence-electron chi connectivity index (χ4n) is 1.86. The Hall–Kier alpha value is -0.350. The molecule has 2 heterocycles. The van der Waals surface area contributed by atoms with E-state index in [9.17, 15) is 0 Å². The highest BCUT2D eigenvalue weighted by molar-refractivity contribution is 5.85. The molecule has 0 spiro atoms. The van der Waals surface area contributed by atoms with Gasteiger partial charge in [-0.2, -0.15) is 0 Å². The summed E-state index contributed by atoms with van der Waals surface area (Å²) in [6.45, 7) is 3.26. The van der Waals surface area contributed by atoms with Crippen molar-refractivity contribution in [2.75, 3.05) is 13.1 Å². The van der Waals surface area contributed by atoms with Gasteiger partial charge >= 0.3 is 0 Å². The molecule has 0 atom stereocenters. The van der Waals surface area contributed by atoms with Crippen LogP contribution in [0.25, 0.3) is 0 Å². The van der Waals surface area contributed by atoms with E-state index < -0.39 is 0 Å². The van der Waals surface area contributed by atoms with Crippen LogP contribution >= 0.6 is 24.8 Å². The minimum Gasteiger partial charge on any atom is -0.328 e. The third-order valence-electron chi connectivity index (χ3n) is 2.76. The van der Waals surface area contributed by atoms with Crippen LogP contribution in [0.4, 0.5) is 0 Å². The zero-order valence-corrected chi connectivity index (χ0v) is 10.8. The summed E-state index contributed by atoms with van der Waals surface area (Å²) in [5, 5.41) is 0. The van der Waals surface area contributed by atoms with Crippen molar-refractivity contribution in [3.63, 3.8) is 0 Å². The molecule has 1 saturated heterocycles. The quantitative estimate of drug-likeness (QED) is 0.886. The monoisotopic (exact) mass is 263 g/mol. The third-order valence-corrected chi connectivity index (χ3v) is 2.76. The van der Waals surface area contributed by atoms with Crippen LogP contribution in [-0.2, 0) is 6.54 Å². The number of halogens is 2. The lowest BCUT2D eigenvalue weighted by atomic mass is 10.1. The molecule has 0 saturated carbocycles. The average Bonchev–Trinajstić information content (AvgIpc) is 2.23. The molecule has 2 N–H and O–H groups in total. The maximum Gasteiger partial charge on any atom is 0.0312 e. The Morgan fingerprint density at radius 3 is 2.56 bits per heavy atom. The first-order chi connectivity index (χ1) is 6.84. The summed E-state index contributed by atoms with van der Waals surface area (Å²) in [6.07, 6.45) is 6.00. The van der Waals surface area contributed by atoms with Gasteiger partial charge in [-0.05, 0) is 37.6 Å². The molecule has 2 rings (SSSR count). The van der Waals surface area contributed by atoms with Crippen LogP contribution in [0.15, 0.2) is 24.5 Å². The van der Waals surface area contributed by atoms with Crippen LogP contribution in [0, 0.1) is 0 Å². The van der Waals surface area contributed by atoms with Crippen LogP contribution in [0.3, 0.4) is 0 Å². The Balaban J connectivity index is 0.00000112. The molecule has 0 aromatic carbocycles. The van der Waals surface area contributed by atoms with Crippen LogP contribution in [0.5, 0.6) is 0 Å². The SMILES string of the molecule is Cl.Cl.NC1CCN(Cc2cccnc2)CC1. The van der Waals surface area contributed by atoms with Gasteiger partial charge in [-0.15, -0.1) is 24.8 Å². The van der Waals surface area contributed by atoms with Gasteiger partial charge in [-0.1, -0.05) is 6.07 Å². The topological polar surface area (TPSA) is 42.1 Å². The van der Waals surface area contributed by atoms with Gasteiger partial charge < -0.3 is 5.73 Å². The summed E-state index contributed by atoms with van der Waals surface area (Å²) in [4.78, 5) is 6.56. The van der Waals surface area contributed by atoms with Gasteiger partial charge in [0.05, 0.1) is 0 Å². The first-order valence-electron chi connectivity index (χ1n) is 5.21. The minimum absolute atomic E-state index is 0. The molecule has 5 heteroatoms. The molecule has 16 heavy (non-hydrogen) atoms. The molecule has 0 aliphatic carbocycles. The predicted molar refractivity (Wildman–Crippen MR) is 71.2 cm³/mol. The highest BCUT2D eigenvalue weighted by Crippen LogP contribution is 2.11. The van der Waals surface area contributed by atoms with E-state index >= 15 is 0 Å². The van der Waals surface area contributed by atoms with E-state index in [0.29, 0.717) is 6.04 Å². The molecular formula is C11H19Cl2N3. The number of likely N-dealkylation sites (tertiary alicyclic amines) is 1. The molecule has 1 aromatic heterocycles. The number of rotatable bonds is 2. The Morgan fingerprint density at radius 1 is 1.31 bits per heavy atom. The second-order valence-electron chi connectivity index (χ2n) is 3.97. The van der Waals surface area contributed by atoms with Crippen molar-refractivity contribution in [2.45, 2.75) is 25.4 Å². The summed E-state index contributed by atoms with van der Waals surface area (Å²) >= 11 is 0. The summed E-state index contributed by atoms with van der Waals surface area (Å²) in [6, 6.07) is 4.53. The van der Waals surface area contributed by atoms with Crippen molar-refractivity contribution in [3.05, 3.63) is 30.1 Å². The largest absolute Gasteiger partial charge is 0.328 e. The van der Waals surface area contributed by atoms with E-state index in [-0.39, 0.29) is 24.8 Å². The number of hydrogen-bond donors (Lipinski definition) is 1. The summed E-state index contributed by atoms with van der Waals surface area (Å²) in [7, 11) is 0. The summed E-state index contributed by atoms with van der Waals surface area (Å²) in [5.41, 5.74) is 7.15. The van der Waals surface area contributed by atoms with E-state index in [1.807, 2.05) is 18.5 Å². The van der Waals surface area contributed by atoms with Crippen molar-refractivity contribution in [1.82, 2.24) is 9.88 Å². The van der Waals surface area contributed by atoms with Gasteiger partial charge in [-0.25, -0.2) is 0 Å². The van der Waals surface area contributed by atoms with Gasteiger partial charge in [0.1, 0.15) is 0 Å². The van der Waals surface area contributed by atoms with Crippen molar-refractivity contribution in [3.8, 4) is 0 Å². The molecule has 0 amide bonds. The molecule has 3 nitrogen and oxygen atoms in total. The van der Waals surface area contributed by atoms with E-state index in [1.165, 1.54) is 5.56 Å². The van der Waals surface area contributed by atoms with Crippen LogP contribution < -0.4 is 5.73 Å². The average molecular weight is 264 g/mol. The molecule has 1 aliphatic heterocycles. The highest BCUT2D eigenvalue weighted by Gasteiger charge is 2.15. The van der Waals surface area contributed by atoms with Gasteiger partial charge in [0.15, 0.2) is 0 Å². The number of piperidine rings is 1. The molecule has 0 bridgehead atoms. The van der Waals surface area contributed by atoms with Crippen molar-refractivity contribution < 1.29 is 0 Å². The van der Waals surface area contributed by atoms with Gasteiger partial charge in [0, 0.05) is 25.0 Å². The lowest BCUT2D eigenvalue weighted by molar-refractivity contribution is 0.205. The first-order valence-corrected chi connectivity index (χ1v) is 5.21. The lowest BCUT2D eigenvalue weighted by Crippen LogP contribution is -2.39. The Morgan fingerprint density at radius 2 is 2.00 bits per heavy atom. The summed E-state index contributed by atoms with van der Waals surface area (Å²) < 4.78 is 0. The second-order valence-corrected chi connectivity index (χ2v) is 3.97. The number of hydrogen-bond acceptors (Lipinski definition) is 3. The third kappa shape index (κ3) is 4.66. The van der Waals surface area contributed by atoms with E-state index in [0.717, 1.165) is 32.5 Å². The molecule has 92 valence electrons. The van der Waals surface area contributed by atoms with Gasteiger partial charge in [0.2, 0.25) is 0 Å². The normalized spacial score (nSPS) is 17.3.